The van der Waals surface area contributed by atoms with E-state index >= 15 is 0 Å². The Bertz CT molecular complexity index is 432. The minimum atomic E-state index is -0.0144. The predicted octanol–water partition coefficient (Wildman–Crippen LogP) is 0.0224. The van der Waals surface area contributed by atoms with E-state index in [-0.39, 0.29) is 11.8 Å². The average Bonchev–Trinajstić information content (AvgIpc) is 2.74. The molecule has 1 saturated heterocycles. The molecule has 0 unspecified atom stereocenters. The Morgan fingerprint density at radius 2 is 1.82 bits per heavy atom. The topological polar surface area (TPSA) is 69.3 Å². The molecule has 2 rings (SSSR count). The zero-order valence-electron chi connectivity index (χ0n) is 10.1. The molecule has 1 fully saturated rings. The fourth-order valence-electron chi connectivity index (χ4n) is 1.96. The van der Waals surface area contributed by atoms with Crippen LogP contribution in [-0.2, 0) is 4.79 Å². The van der Waals surface area contributed by atoms with E-state index in [2.05, 4.69) is 10.2 Å². The summed E-state index contributed by atoms with van der Waals surface area (Å²) in [4.78, 5) is 26.8. The number of nitrogens with one attached hydrogen (secondary N) is 1. The average molecular weight is 236 g/mol. The van der Waals surface area contributed by atoms with Gasteiger partial charge in [-0.3, -0.25) is 14.7 Å². The molecule has 0 aliphatic carbocycles. The molecule has 2 amide bonds. The van der Waals surface area contributed by atoms with E-state index in [1.807, 2.05) is 6.92 Å². The molecule has 0 saturated carbocycles. The number of piperazine rings is 1. The van der Waals surface area contributed by atoms with Crippen LogP contribution in [0.3, 0.4) is 0 Å². The Balaban J connectivity index is 2.00. The van der Waals surface area contributed by atoms with Crippen LogP contribution < -0.4 is 0 Å². The number of nitrogens with zero attached hydrogens (tertiary/aromatic N) is 3. The van der Waals surface area contributed by atoms with Crippen molar-refractivity contribution in [3.8, 4) is 0 Å². The van der Waals surface area contributed by atoms with Crippen molar-refractivity contribution < 1.29 is 9.59 Å². The number of carbonyl (C=O) groups is 2. The van der Waals surface area contributed by atoms with Gasteiger partial charge in [0.25, 0.3) is 5.91 Å². The lowest BCUT2D eigenvalue weighted by atomic mass is 10.2. The first-order valence-corrected chi connectivity index (χ1v) is 5.64. The minimum absolute atomic E-state index is 0.0144. The minimum Gasteiger partial charge on any atom is -0.339 e. The Labute approximate surface area is 99.6 Å². The predicted molar refractivity (Wildman–Crippen MR) is 61.5 cm³/mol. The standard InChI is InChI=1S/C11H16N4O2/c1-8-10(7-12-13-8)11(17)15-5-3-14(4-6-15)9(2)16/h7H,3-6H2,1-2H3,(H,12,13). The molecule has 17 heavy (non-hydrogen) atoms. The van der Waals surface area contributed by atoms with E-state index in [0.717, 1.165) is 5.69 Å². The van der Waals surface area contributed by atoms with Crippen molar-refractivity contribution in [2.45, 2.75) is 13.8 Å². The van der Waals surface area contributed by atoms with Crippen molar-refractivity contribution >= 4 is 11.8 Å². The maximum absolute atomic E-state index is 12.1. The second-order valence-electron chi connectivity index (χ2n) is 4.21. The molecular formula is C11H16N4O2. The highest BCUT2D eigenvalue weighted by Crippen LogP contribution is 2.10. The van der Waals surface area contributed by atoms with Gasteiger partial charge in [0.05, 0.1) is 11.8 Å². The van der Waals surface area contributed by atoms with Gasteiger partial charge < -0.3 is 9.80 Å². The maximum Gasteiger partial charge on any atom is 0.257 e. The lowest BCUT2D eigenvalue weighted by Gasteiger charge is -2.34. The summed E-state index contributed by atoms with van der Waals surface area (Å²) in [6.45, 7) is 5.77. The number of aromatic amines is 1. The molecule has 1 aromatic heterocycles. The molecule has 6 heteroatoms. The molecule has 0 aromatic carbocycles. The van der Waals surface area contributed by atoms with Crippen LogP contribution in [-0.4, -0.2) is 58.0 Å². The highest BCUT2D eigenvalue weighted by molar-refractivity contribution is 5.95. The smallest absolute Gasteiger partial charge is 0.257 e. The number of aromatic nitrogens is 2. The second-order valence-corrected chi connectivity index (χ2v) is 4.21. The molecule has 0 spiro atoms. The van der Waals surface area contributed by atoms with E-state index in [1.54, 1.807) is 22.9 Å². The number of hydrogen-bond donors (Lipinski definition) is 1. The Kier molecular flexibility index (Phi) is 3.12. The van der Waals surface area contributed by atoms with Gasteiger partial charge in [-0.1, -0.05) is 0 Å². The van der Waals surface area contributed by atoms with Gasteiger partial charge in [0.2, 0.25) is 5.91 Å². The van der Waals surface area contributed by atoms with Gasteiger partial charge in [-0.25, -0.2) is 0 Å². The van der Waals surface area contributed by atoms with Gasteiger partial charge in [0, 0.05) is 38.8 Å². The van der Waals surface area contributed by atoms with Gasteiger partial charge in [-0.15, -0.1) is 0 Å². The lowest BCUT2D eigenvalue weighted by molar-refractivity contribution is -0.130. The molecule has 0 bridgehead atoms. The Morgan fingerprint density at radius 1 is 1.24 bits per heavy atom. The van der Waals surface area contributed by atoms with Crippen molar-refractivity contribution in [1.82, 2.24) is 20.0 Å². The molecule has 1 aromatic rings. The summed E-state index contributed by atoms with van der Waals surface area (Å²) in [5, 5.41) is 6.60. The SMILES string of the molecule is CC(=O)N1CCN(C(=O)c2cn[nH]c2C)CC1. The molecule has 2 heterocycles. The summed E-state index contributed by atoms with van der Waals surface area (Å²) in [6.07, 6.45) is 1.55. The molecular weight excluding hydrogens is 220 g/mol. The molecule has 1 aliphatic rings. The summed E-state index contributed by atoms with van der Waals surface area (Å²) in [7, 11) is 0. The third-order valence-electron chi connectivity index (χ3n) is 3.07. The maximum atomic E-state index is 12.1. The van der Waals surface area contributed by atoms with Gasteiger partial charge in [0.1, 0.15) is 0 Å². The fourth-order valence-corrected chi connectivity index (χ4v) is 1.96. The zero-order chi connectivity index (χ0) is 12.4. The van der Waals surface area contributed by atoms with Crippen molar-refractivity contribution in [3.05, 3.63) is 17.5 Å². The second kappa shape index (κ2) is 4.57. The van der Waals surface area contributed by atoms with Crippen LogP contribution >= 0.6 is 0 Å². The fraction of sp³-hybridized carbons (Fsp3) is 0.545. The largest absolute Gasteiger partial charge is 0.339 e. The lowest BCUT2D eigenvalue weighted by Crippen LogP contribution is -2.50. The van der Waals surface area contributed by atoms with Crippen molar-refractivity contribution in [1.29, 1.82) is 0 Å². The van der Waals surface area contributed by atoms with Crippen LogP contribution in [0.15, 0.2) is 6.20 Å². The summed E-state index contributed by atoms with van der Waals surface area (Å²) < 4.78 is 0. The zero-order valence-corrected chi connectivity index (χ0v) is 10.1. The first-order valence-electron chi connectivity index (χ1n) is 5.64. The van der Waals surface area contributed by atoms with Crippen molar-refractivity contribution in [3.63, 3.8) is 0 Å². The molecule has 1 aliphatic heterocycles. The van der Waals surface area contributed by atoms with Crippen molar-refractivity contribution in [2.75, 3.05) is 26.2 Å². The summed E-state index contributed by atoms with van der Waals surface area (Å²) in [6, 6.07) is 0. The van der Waals surface area contributed by atoms with Gasteiger partial charge in [-0.05, 0) is 6.92 Å². The molecule has 0 radical (unpaired) electrons. The van der Waals surface area contributed by atoms with Gasteiger partial charge in [-0.2, -0.15) is 5.10 Å². The first-order chi connectivity index (χ1) is 8.09. The normalized spacial score (nSPS) is 16.1. The highest BCUT2D eigenvalue weighted by Gasteiger charge is 2.24. The monoisotopic (exact) mass is 236 g/mol. The summed E-state index contributed by atoms with van der Waals surface area (Å²) >= 11 is 0. The number of H-pyrrole nitrogens is 1. The summed E-state index contributed by atoms with van der Waals surface area (Å²) in [5.74, 6) is 0.0519. The Morgan fingerprint density at radius 3 is 2.29 bits per heavy atom. The number of amides is 2. The van der Waals surface area contributed by atoms with Crippen LogP contribution in [0.2, 0.25) is 0 Å². The van der Waals surface area contributed by atoms with Crippen LogP contribution in [0.4, 0.5) is 0 Å². The van der Waals surface area contributed by atoms with Gasteiger partial charge in [0.15, 0.2) is 0 Å². The van der Waals surface area contributed by atoms with Crippen LogP contribution in [0.5, 0.6) is 0 Å². The number of aryl methyl sites for hydroxylation is 1. The van der Waals surface area contributed by atoms with E-state index in [1.165, 1.54) is 0 Å². The number of rotatable bonds is 1. The molecule has 0 atom stereocenters. The van der Waals surface area contributed by atoms with Crippen LogP contribution in [0, 0.1) is 6.92 Å². The van der Waals surface area contributed by atoms with Crippen LogP contribution in [0.25, 0.3) is 0 Å². The third-order valence-corrected chi connectivity index (χ3v) is 3.07. The van der Waals surface area contributed by atoms with E-state index in [0.29, 0.717) is 31.7 Å². The van der Waals surface area contributed by atoms with Crippen LogP contribution in [0.1, 0.15) is 23.0 Å². The van der Waals surface area contributed by atoms with E-state index in [4.69, 9.17) is 0 Å². The quantitative estimate of drug-likeness (QED) is 0.747. The molecule has 6 nitrogen and oxygen atoms in total. The summed E-state index contributed by atoms with van der Waals surface area (Å²) in [5.41, 5.74) is 1.39. The molecule has 1 N–H and O–H groups in total. The van der Waals surface area contributed by atoms with Gasteiger partial charge >= 0.3 is 0 Å². The highest BCUT2D eigenvalue weighted by atomic mass is 16.2. The Hall–Kier alpha value is -1.85. The number of carbonyl (C=O) groups excluding carboxylic acids is 2. The van der Waals surface area contributed by atoms with E-state index in [9.17, 15) is 9.59 Å². The van der Waals surface area contributed by atoms with Crippen molar-refractivity contribution in [2.24, 2.45) is 0 Å². The third kappa shape index (κ3) is 2.30. The van der Waals surface area contributed by atoms with E-state index < -0.39 is 0 Å². The number of hydrogen-bond acceptors (Lipinski definition) is 3. The first kappa shape index (κ1) is 11.6. The molecule has 92 valence electrons.